The van der Waals surface area contributed by atoms with Crippen LogP contribution in [0, 0.1) is 11.3 Å². The Labute approximate surface area is 146 Å². The number of allylic oxidation sites excluding steroid dienone is 1. The summed E-state index contributed by atoms with van der Waals surface area (Å²) in [5.41, 5.74) is 3.31. The molecule has 0 heterocycles. The summed E-state index contributed by atoms with van der Waals surface area (Å²) < 4.78 is 0. The first kappa shape index (κ1) is 18.2. The lowest BCUT2D eigenvalue weighted by atomic mass is 9.77. The summed E-state index contributed by atoms with van der Waals surface area (Å²) in [7, 11) is 0. The molecule has 0 aromatic heterocycles. The molecule has 0 N–H and O–H groups in total. The Morgan fingerprint density at radius 1 is 1.08 bits per heavy atom. The second-order valence-corrected chi connectivity index (χ2v) is 7.20. The van der Waals surface area contributed by atoms with E-state index in [1.165, 1.54) is 5.56 Å². The third kappa shape index (κ3) is 4.67. The maximum Gasteiger partial charge on any atom is 0.165 e. The molecule has 1 nitrogen and oxygen atoms in total. The van der Waals surface area contributed by atoms with Crippen molar-refractivity contribution in [2.24, 2.45) is 11.3 Å². The van der Waals surface area contributed by atoms with Gasteiger partial charge in [0.15, 0.2) is 5.78 Å². The first-order valence-corrected chi connectivity index (χ1v) is 8.75. The number of hydrogen-bond acceptors (Lipinski definition) is 1. The van der Waals surface area contributed by atoms with Gasteiger partial charge in [0, 0.05) is 11.5 Å². The van der Waals surface area contributed by atoms with Gasteiger partial charge in [0.25, 0.3) is 0 Å². The summed E-state index contributed by atoms with van der Waals surface area (Å²) in [6.07, 6.45) is 4.93. The fourth-order valence-corrected chi connectivity index (χ4v) is 3.00. The largest absolute Gasteiger partial charge is 0.294 e. The smallest absolute Gasteiger partial charge is 0.165 e. The molecule has 0 bridgehead atoms. The number of Topliss-reactive ketones (excluding diaryl/α,β-unsaturated/α-hetero) is 1. The summed E-state index contributed by atoms with van der Waals surface area (Å²) >= 11 is 0. The van der Waals surface area contributed by atoms with E-state index in [0.717, 1.165) is 30.4 Å². The van der Waals surface area contributed by atoms with Gasteiger partial charge < -0.3 is 0 Å². The van der Waals surface area contributed by atoms with Crippen LogP contribution in [0.1, 0.15) is 48.7 Å². The first-order chi connectivity index (χ1) is 11.4. The number of ketones is 1. The van der Waals surface area contributed by atoms with Crippen molar-refractivity contribution in [3.8, 4) is 0 Å². The van der Waals surface area contributed by atoms with Crippen molar-refractivity contribution in [1.29, 1.82) is 0 Å². The maximum absolute atomic E-state index is 12.5. The van der Waals surface area contributed by atoms with E-state index in [1.807, 2.05) is 44.2 Å². The minimum Gasteiger partial charge on any atom is -0.294 e. The number of carbonyl (C=O) groups excluding carboxylic acids is 1. The topological polar surface area (TPSA) is 17.1 Å². The lowest BCUT2D eigenvalue weighted by Gasteiger charge is -2.27. The highest BCUT2D eigenvalue weighted by Crippen LogP contribution is 2.31. The molecule has 0 aliphatic heterocycles. The van der Waals surface area contributed by atoms with E-state index in [1.54, 1.807) is 0 Å². The molecule has 1 atom stereocenters. The predicted octanol–water partition coefficient (Wildman–Crippen LogP) is 5.89. The molecule has 1 unspecified atom stereocenters. The predicted molar refractivity (Wildman–Crippen MR) is 102 cm³/mol. The number of rotatable bonds is 8. The van der Waals surface area contributed by atoms with E-state index < -0.39 is 0 Å². The van der Waals surface area contributed by atoms with Crippen LogP contribution in [0.25, 0.3) is 0 Å². The molecule has 0 amide bonds. The second kappa shape index (κ2) is 8.10. The van der Waals surface area contributed by atoms with Crippen LogP contribution in [0.15, 0.2) is 67.3 Å². The normalized spacial score (nSPS) is 13.5. The molecule has 24 heavy (non-hydrogen) atoms. The summed E-state index contributed by atoms with van der Waals surface area (Å²) in [6, 6.07) is 18.6. The van der Waals surface area contributed by atoms with Crippen molar-refractivity contribution < 1.29 is 4.79 Å². The number of carbonyl (C=O) groups is 1. The summed E-state index contributed by atoms with van der Waals surface area (Å²) in [6.45, 7) is 10.2. The Morgan fingerprint density at radius 2 is 1.71 bits per heavy atom. The highest BCUT2D eigenvalue weighted by molar-refractivity contribution is 5.98. The highest BCUT2D eigenvalue weighted by atomic mass is 16.1. The van der Waals surface area contributed by atoms with Crippen molar-refractivity contribution in [2.75, 3.05) is 0 Å². The van der Waals surface area contributed by atoms with E-state index >= 15 is 0 Å². The van der Waals surface area contributed by atoms with Gasteiger partial charge in [-0.15, -0.1) is 6.58 Å². The van der Waals surface area contributed by atoms with Gasteiger partial charge in [-0.3, -0.25) is 4.79 Å². The average molecular weight is 320 g/mol. The lowest BCUT2D eigenvalue weighted by molar-refractivity contribution is 0.0938. The van der Waals surface area contributed by atoms with Crippen molar-refractivity contribution in [3.05, 3.63) is 83.9 Å². The van der Waals surface area contributed by atoms with Gasteiger partial charge in [0.1, 0.15) is 0 Å². The Kier molecular flexibility index (Phi) is 6.14. The molecular formula is C23H28O. The molecule has 2 aromatic carbocycles. The van der Waals surface area contributed by atoms with Crippen LogP contribution in [0.3, 0.4) is 0 Å². The molecule has 0 radical (unpaired) electrons. The molecule has 2 rings (SSSR count). The van der Waals surface area contributed by atoms with Crippen LogP contribution >= 0.6 is 0 Å². The zero-order chi connectivity index (χ0) is 17.6. The van der Waals surface area contributed by atoms with E-state index in [0.29, 0.717) is 0 Å². The molecule has 0 spiro atoms. The van der Waals surface area contributed by atoms with Crippen molar-refractivity contribution in [2.45, 2.75) is 40.0 Å². The molecule has 1 heteroatoms. The molecule has 0 saturated heterocycles. The van der Waals surface area contributed by atoms with E-state index in [4.69, 9.17) is 0 Å². The third-order valence-electron chi connectivity index (χ3n) is 4.72. The van der Waals surface area contributed by atoms with Gasteiger partial charge in [-0.1, -0.05) is 81.4 Å². The van der Waals surface area contributed by atoms with Crippen molar-refractivity contribution in [1.82, 2.24) is 0 Å². The van der Waals surface area contributed by atoms with Crippen LogP contribution in [0.5, 0.6) is 0 Å². The number of benzene rings is 2. The Morgan fingerprint density at radius 3 is 2.33 bits per heavy atom. The van der Waals surface area contributed by atoms with Crippen molar-refractivity contribution >= 4 is 5.78 Å². The summed E-state index contributed by atoms with van der Waals surface area (Å²) in [5, 5.41) is 0. The molecule has 0 fully saturated rings. The minimum atomic E-state index is -0.0246. The summed E-state index contributed by atoms with van der Waals surface area (Å²) in [4.78, 5) is 12.5. The molecule has 0 aliphatic rings. The van der Waals surface area contributed by atoms with Gasteiger partial charge in [-0.2, -0.15) is 0 Å². The van der Waals surface area contributed by atoms with E-state index in [-0.39, 0.29) is 17.1 Å². The monoisotopic (exact) mass is 320 g/mol. The van der Waals surface area contributed by atoms with Crippen LogP contribution in [0.2, 0.25) is 0 Å². The zero-order valence-corrected chi connectivity index (χ0v) is 15.1. The van der Waals surface area contributed by atoms with Crippen LogP contribution in [0.4, 0.5) is 0 Å². The SMILES string of the molecule is C=CC(C)(CCc1ccccc1)Cc1ccccc1C(=O)C(C)C. The van der Waals surface area contributed by atoms with Gasteiger partial charge in [-0.25, -0.2) is 0 Å². The molecule has 2 aromatic rings. The third-order valence-corrected chi connectivity index (χ3v) is 4.72. The summed E-state index contributed by atoms with van der Waals surface area (Å²) in [5.74, 6) is 0.241. The molecule has 126 valence electrons. The van der Waals surface area contributed by atoms with Crippen LogP contribution < -0.4 is 0 Å². The minimum absolute atomic E-state index is 0.0189. The maximum atomic E-state index is 12.5. The molecule has 0 aliphatic carbocycles. The van der Waals surface area contributed by atoms with Crippen LogP contribution in [-0.4, -0.2) is 5.78 Å². The zero-order valence-electron chi connectivity index (χ0n) is 15.1. The van der Waals surface area contributed by atoms with Gasteiger partial charge >= 0.3 is 0 Å². The Bertz CT molecular complexity index is 684. The Hall–Kier alpha value is -2.15. The standard InChI is InChI=1S/C23H28O/c1-5-23(4,16-15-19-11-7-6-8-12-19)17-20-13-9-10-14-21(20)22(24)18(2)3/h5-14,18H,1,15-17H2,2-4H3. The second-order valence-electron chi connectivity index (χ2n) is 7.20. The molecular weight excluding hydrogens is 292 g/mol. The van der Waals surface area contributed by atoms with E-state index in [2.05, 4.69) is 43.8 Å². The molecule has 0 saturated carbocycles. The van der Waals surface area contributed by atoms with Gasteiger partial charge in [0.05, 0.1) is 0 Å². The first-order valence-electron chi connectivity index (χ1n) is 8.75. The quantitative estimate of drug-likeness (QED) is 0.437. The Balaban J connectivity index is 2.17. The fraction of sp³-hybridized carbons (Fsp3) is 0.348. The highest BCUT2D eigenvalue weighted by Gasteiger charge is 2.24. The number of aryl methyl sites for hydroxylation is 1. The van der Waals surface area contributed by atoms with E-state index in [9.17, 15) is 4.79 Å². The van der Waals surface area contributed by atoms with Crippen LogP contribution in [-0.2, 0) is 12.8 Å². The van der Waals surface area contributed by atoms with Gasteiger partial charge in [0.2, 0.25) is 0 Å². The van der Waals surface area contributed by atoms with Crippen molar-refractivity contribution in [3.63, 3.8) is 0 Å². The fourth-order valence-electron chi connectivity index (χ4n) is 3.00. The number of hydrogen-bond donors (Lipinski definition) is 0. The lowest BCUT2D eigenvalue weighted by Crippen LogP contribution is -2.20. The van der Waals surface area contributed by atoms with Gasteiger partial charge in [-0.05, 0) is 35.8 Å². The average Bonchev–Trinajstić information content (AvgIpc) is 2.61.